The number of rotatable bonds is 5. The average Bonchev–Trinajstić information content (AvgIpc) is 3.48. The Labute approximate surface area is 225 Å². The number of likely N-dealkylation sites (tertiary alicyclic amines) is 1. The van der Waals surface area contributed by atoms with Crippen molar-refractivity contribution in [1.29, 1.82) is 5.41 Å². The van der Waals surface area contributed by atoms with E-state index in [1.807, 2.05) is 29.3 Å². The number of hydrogen-bond acceptors (Lipinski definition) is 5. The molecule has 0 atom stereocenters. The van der Waals surface area contributed by atoms with Crippen LogP contribution in [-0.2, 0) is 16.1 Å². The van der Waals surface area contributed by atoms with E-state index in [1.54, 1.807) is 6.08 Å². The molecule has 0 radical (unpaired) electrons. The molecule has 8 nitrogen and oxygen atoms in total. The zero-order chi connectivity index (χ0) is 26.2. The topological polar surface area (TPSA) is 94.1 Å². The van der Waals surface area contributed by atoms with Crippen LogP contribution >= 0.6 is 11.8 Å². The van der Waals surface area contributed by atoms with Crippen molar-refractivity contribution in [3.05, 3.63) is 77.0 Å². The molecule has 4 heterocycles. The summed E-state index contributed by atoms with van der Waals surface area (Å²) in [6.07, 6.45) is 7.12. The molecule has 0 bridgehead atoms. The van der Waals surface area contributed by atoms with Gasteiger partial charge in [0.15, 0.2) is 5.84 Å². The Balaban J connectivity index is 1.28. The summed E-state index contributed by atoms with van der Waals surface area (Å²) in [6, 6.07) is 16.5. The molecule has 6 rings (SSSR count). The van der Waals surface area contributed by atoms with Crippen molar-refractivity contribution in [1.82, 2.24) is 14.5 Å². The highest BCUT2D eigenvalue weighted by Gasteiger charge is 2.36. The number of nitrogens with one attached hydrogen (secondary N) is 1. The van der Waals surface area contributed by atoms with E-state index in [9.17, 15) is 9.59 Å². The largest absolute Gasteiger partial charge is 0.342 e. The van der Waals surface area contributed by atoms with Crippen molar-refractivity contribution in [2.45, 2.75) is 39.2 Å². The Morgan fingerprint density at radius 3 is 2.74 bits per heavy atom. The summed E-state index contributed by atoms with van der Waals surface area (Å²) >= 11 is 1.20. The predicted octanol–water partition coefficient (Wildman–Crippen LogP) is 5.02. The van der Waals surface area contributed by atoms with Crippen LogP contribution in [0.4, 0.5) is 0 Å². The zero-order valence-electron chi connectivity index (χ0n) is 21.2. The van der Waals surface area contributed by atoms with Crippen LogP contribution in [0.15, 0.2) is 70.4 Å². The molecule has 38 heavy (non-hydrogen) atoms. The van der Waals surface area contributed by atoms with Gasteiger partial charge in [-0.05, 0) is 55.7 Å². The number of nitrogens with zero attached hydrogens (tertiary/aromatic N) is 5. The fourth-order valence-corrected chi connectivity index (χ4v) is 6.05. The van der Waals surface area contributed by atoms with Gasteiger partial charge < -0.3 is 9.47 Å². The number of para-hydroxylation sites is 1. The number of aliphatic imine (C=N–C) groups is 1. The number of fused-ring (bicyclic) bond motifs is 2. The number of aryl methyl sites for hydroxylation is 1. The van der Waals surface area contributed by atoms with Crippen molar-refractivity contribution in [3.63, 3.8) is 0 Å². The maximum Gasteiger partial charge on any atom is 0.283 e. The molecule has 1 saturated heterocycles. The first kappa shape index (κ1) is 24.4. The molecule has 2 amide bonds. The molecule has 1 N–H and O–H groups in total. The van der Waals surface area contributed by atoms with Gasteiger partial charge in [0.2, 0.25) is 11.1 Å². The smallest absolute Gasteiger partial charge is 0.283 e. The van der Waals surface area contributed by atoms with E-state index < -0.39 is 5.91 Å². The zero-order valence-corrected chi connectivity index (χ0v) is 22.0. The minimum absolute atomic E-state index is 0.0246. The Hall–Kier alpha value is -3.98. The Morgan fingerprint density at radius 1 is 1.11 bits per heavy atom. The van der Waals surface area contributed by atoms with E-state index in [2.05, 4.69) is 51.9 Å². The predicted molar refractivity (Wildman–Crippen MR) is 152 cm³/mol. The van der Waals surface area contributed by atoms with Crippen molar-refractivity contribution in [2.75, 3.05) is 13.1 Å². The van der Waals surface area contributed by atoms with Crippen LogP contribution in [0.3, 0.4) is 0 Å². The average molecular weight is 525 g/mol. The van der Waals surface area contributed by atoms with Gasteiger partial charge in [-0.25, -0.2) is 0 Å². The van der Waals surface area contributed by atoms with Gasteiger partial charge in [-0.1, -0.05) is 48.0 Å². The van der Waals surface area contributed by atoms with Crippen LogP contribution in [0.2, 0.25) is 0 Å². The van der Waals surface area contributed by atoms with Crippen molar-refractivity contribution in [3.8, 4) is 0 Å². The number of carbonyl (C=O) groups is 2. The van der Waals surface area contributed by atoms with Crippen molar-refractivity contribution in [2.24, 2.45) is 10.1 Å². The maximum absolute atomic E-state index is 13.0. The highest BCUT2D eigenvalue weighted by atomic mass is 32.2. The standard InChI is InChI=1S/C29H28N6O2S/c1-19-8-7-9-20(14-19)17-34-18-21(22-10-3-4-11-24(22)34)15-23-27(30)35-29(31-28(23)37)38-25(32-35)16-26(36)33-12-5-2-6-13-33/h3-4,7-11,14-15,18,30H,2,5-6,12-13,16-17H2,1H3/b23-15+,30-27?. The minimum Gasteiger partial charge on any atom is -0.342 e. The lowest BCUT2D eigenvalue weighted by atomic mass is 10.1. The van der Waals surface area contributed by atoms with Gasteiger partial charge in [0.1, 0.15) is 5.04 Å². The number of benzene rings is 2. The number of amidine groups is 2. The van der Waals surface area contributed by atoms with Crippen LogP contribution in [0, 0.1) is 12.3 Å². The molecule has 192 valence electrons. The Kier molecular flexibility index (Phi) is 6.45. The lowest BCUT2D eigenvalue weighted by Crippen LogP contribution is -2.36. The van der Waals surface area contributed by atoms with Gasteiger partial charge in [0, 0.05) is 42.3 Å². The molecular formula is C29H28N6O2S. The maximum atomic E-state index is 13.0. The molecule has 1 aromatic heterocycles. The molecule has 1 fully saturated rings. The number of hydrazone groups is 1. The summed E-state index contributed by atoms with van der Waals surface area (Å²) in [5.41, 5.74) is 4.47. The van der Waals surface area contributed by atoms with Gasteiger partial charge in [0.05, 0.1) is 12.0 Å². The second kappa shape index (κ2) is 10.1. The lowest BCUT2D eigenvalue weighted by Gasteiger charge is -2.26. The van der Waals surface area contributed by atoms with Crippen LogP contribution in [0.25, 0.3) is 17.0 Å². The first-order valence-electron chi connectivity index (χ1n) is 12.9. The van der Waals surface area contributed by atoms with Crippen LogP contribution < -0.4 is 0 Å². The normalized spacial score (nSPS) is 18.7. The van der Waals surface area contributed by atoms with E-state index in [0.717, 1.165) is 48.8 Å². The van der Waals surface area contributed by atoms with Crippen LogP contribution in [0.1, 0.15) is 42.4 Å². The van der Waals surface area contributed by atoms with Gasteiger partial charge >= 0.3 is 0 Å². The summed E-state index contributed by atoms with van der Waals surface area (Å²) in [7, 11) is 0. The number of aromatic nitrogens is 1. The summed E-state index contributed by atoms with van der Waals surface area (Å²) in [5, 5.41) is 16.5. The van der Waals surface area contributed by atoms with Gasteiger partial charge in [-0.15, -0.1) is 0 Å². The lowest BCUT2D eigenvalue weighted by molar-refractivity contribution is -0.130. The fraction of sp³-hybridized carbons (Fsp3) is 0.276. The molecule has 3 aromatic rings. The first-order chi connectivity index (χ1) is 18.5. The molecule has 2 aromatic carbocycles. The quantitative estimate of drug-likeness (QED) is 0.474. The number of carbonyl (C=O) groups excluding carboxylic acids is 2. The van der Waals surface area contributed by atoms with E-state index in [4.69, 9.17) is 5.41 Å². The number of thioether (sulfide) groups is 1. The summed E-state index contributed by atoms with van der Waals surface area (Å²) in [5.74, 6) is -0.460. The van der Waals surface area contributed by atoms with E-state index >= 15 is 0 Å². The molecule has 3 aliphatic rings. The Morgan fingerprint density at radius 2 is 1.92 bits per heavy atom. The molecule has 9 heteroatoms. The minimum atomic E-state index is -0.469. The first-order valence-corrected chi connectivity index (χ1v) is 13.7. The third-order valence-electron chi connectivity index (χ3n) is 7.06. The molecule has 0 unspecified atom stereocenters. The summed E-state index contributed by atoms with van der Waals surface area (Å²) < 4.78 is 2.16. The van der Waals surface area contributed by atoms with E-state index in [-0.39, 0.29) is 23.7 Å². The third kappa shape index (κ3) is 4.69. The SMILES string of the molecule is Cc1cccc(Cn2cc(/C=C3\C(=N)N4N=C(CC(=O)N5CCCCC5)SC4=NC3=O)c3ccccc32)c1. The second-order valence-electron chi connectivity index (χ2n) is 9.85. The molecule has 3 aliphatic heterocycles. The highest BCUT2D eigenvalue weighted by molar-refractivity contribution is 8.27. The molecule has 0 spiro atoms. The fourth-order valence-electron chi connectivity index (χ4n) is 5.17. The van der Waals surface area contributed by atoms with Crippen LogP contribution in [0.5, 0.6) is 0 Å². The number of hydrogen-bond donors (Lipinski definition) is 1. The monoisotopic (exact) mass is 524 g/mol. The van der Waals surface area contributed by atoms with Crippen molar-refractivity contribution >= 4 is 56.6 Å². The van der Waals surface area contributed by atoms with E-state index in [0.29, 0.717) is 16.8 Å². The second-order valence-corrected chi connectivity index (χ2v) is 10.9. The Bertz CT molecular complexity index is 1560. The van der Waals surface area contributed by atoms with Gasteiger partial charge in [0.25, 0.3) is 5.91 Å². The highest BCUT2D eigenvalue weighted by Crippen LogP contribution is 2.31. The number of amides is 2. The summed E-state index contributed by atoms with van der Waals surface area (Å²) in [6.45, 7) is 4.33. The van der Waals surface area contributed by atoms with Gasteiger partial charge in [-0.2, -0.15) is 15.1 Å². The van der Waals surface area contributed by atoms with Crippen molar-refractivity contribution < 1.29 is 9.59 Å². The number of piperidine rings is 1. The molecular weight excluding hydrogens is 496 g/mol. The third-order valence-corrected chi connectivity index (χ3v) is 7.97. The van der Waals surface area contributed by atoms with E-state index in [1.165, 1.54) is 27.9 Å². The molecule has 0 aliphatic carbocycles. The summed E-state index contributed by atoms with van der Waals surface area (Å²) in [4.78, 5) is 31.8. The van der Waals surface area contributed by atoms with Gasteiger partial charge in [-0.3, -0.25) is 15.0 Å². The molecule has 0 saturated carbocycles. The van der Waals surface area contributed by atoms with Crippen LogP contribution in [-0.4, -0.2) is 55.4 Å².